The summed E-state index contributed by atoms with van der Waals surface area (Å²) in [5.41, 5.74) is 0.0277. The van der Waals surface area contributed by atoms with E-state index in [0.717, 1.165) is 0 Å². The molecule has 5 heteroatoms. The summed E-state index contributed by atoms with van der Waals surface area (Å²) in [4.78, 5) is 21.0. The van der Waals surface area contributed by atoms with Crippen molar-refractivity contribution >= 4 is 11.0 Å². The highest BCUT2D eigenvalue weighted by molar-refractivity contribution is 5.74. The van der Waals surface area contributed by atoms with Crippen molar-refractivity contribution in [3.8, 4) is 5.75 Å². The molecule has 0 aliphatic rings. The van der Waals surface area contributed by atoms with Crippen LogP contribution in [0.5, 0.6) is 5.75 Å². The maximum atomic E-state index is 11.1. The number of nitrogens with one attached hydrogen (secondary N) is 1. The number of aromatic nitrogens is 3. The second-order valence-electron chi connectivity index (χ2n) is 2.30. The van der Waals surface area contributed by atoms with Crippen LogP contribution >= 0.6 is 0 Å². The van der Waals surface area contributed by atoms with Crippen LogP contribution in [-0.4, -0.2) is 20.1 Å². The van der Waals surface area contributed by atoms with E-state index in [2.05, 4.69) is 15.0 Å². The predicted molar refractivity (Wildman–Crippen MR) is 41.8 cm³/mol. The Balaban J connectivity index is 2.98. The average molecular weight is 163 g/mol. The zero-order valence-electron chi connectivity index (χ0n) is 5.98. The fourth-order valence-corrected chi connectivity index (χ4v) is 0.946. The van der Waals surface area contributed by atoms with Crippen molar-refractivity contribution in [2.24, 2.45) is 0 Å². The molecule has 0 spiro atoms. The summed E-state index contributed by atoms with van der Waals surface area (Å²) in [6.07, 6.45) is 2.52. The SMILES string of the molecule is O=c1[nH]cnc2ncc(O)cc12. The lowest BCUT2D eigenvalue weighted by Gasteiger charge is -1.93. The molecule has 0 atom stereocenters. The van der Waals surface area contributed by atoms with Crippen LogP contribution in [0.2, 0.25) is 0 Å². The number of aromatic hydroxyl groups is 1. The van der Waals surface area contributed by atoms with Crippen molar-refractivity contribution in [1.82, 2.24) is 15.0 Å². The topological polar surface area (TPSA) is 78.9 Å². The molecule has 12 heavy (non-hydrogen) atoms. The van der Waals surface area contributed by atoms with Gasteiger partial charge in [0.15, 0.2) is 5.65 Å². The van der Waals surface area contributed by atoms with E-state index in [1.54, 1.807) is 0 Å². The molecule has 2 aromatic heterocycles. The molecule has 60 valence electrons. The maximum absolute atomic E-state index is 11.1. The molecule has 0 amide bonds. The summed E-state index contributed by atoms with van der Waals surface area (Å²) < 4.78 is 0. The molecule has 0 unspecified atom stereocenters. The van der Waals surface area contributed by atoms with Gasteiger partial charge < -0.3 is 10.1 Å². The largest absolute Gasteiger partial charge is 0.506 e. The Bertz CT molecular complexity index is 477. The zero-order valence-corrected chi connectivity index (χ0v) is 5.98. The highest BCUT2D eigenvalue weighted by atomic mass is 16.3. The molecule has 0 aliphatic carbocycles. The molecular formula is C7H5N3O2. The number of hydrogen-bond acceptors (Lipinski definition) is 4. The van der Waals surface area contributed by atoms with Gasteiger partial charge in [0.1, 0.15) is 5.75 Å². The van der Waals surface area contributed by atoms with Gasteiger partial charge >= 0.3 is 0 Å². The van der Waals surface area contributed by atoms with E-state index >= 15 is 0 Å². The second-order valence-corrected chi connectivity index (χ2v) is 2.30. The molecule has 2 aromatic rings. The number of nitrogens with zero attached hydrogens (tertiary/aromatic N) is 2. The second kappa shape index (κ2) is 2.30. The lowest BCUT2D eigenvalue weighted by molar-refractivity contribution is 0.473. The van der Waals surface area contributed by atoms with Crippen LogP contribution in [-0.2, 0) is 0 Å². The molecule has 0 saturated heterocycles. The third kappa shape index (κ3) is 0.914. The summed E-state index contributed by atoms with van der Waals surface area (Å²) in [5, 5.41) is 9.30. The minimum atomic E-state index is -0.302. The monoisotopic (exact) mass is 163 g/mol. The fraction of sp³-hybridized carbons (Fsp3) is 0. The summed E-state index contributed by atoms with van der Waals surface area (Å²) >= 11 is 0. The number of hydrogen-bond donors (Lipinski definition) is 2. The van der Waals surface area contributed by atoms with Gasteiger partial charge in [0.05, 0.1) is 17.9 Å². The third-order valence-electron chi connectivity index (χ3n) is 1.48. The minimum absolute atomic E-state index is 0.0407. The van der Waals surface area contributed by atoms with Crippen molar-refractivity contribution in [2.45, 2.75) is 0 Å². The van der Waals surface area contributed by atoms with Crippen LogP contribution in [0.4, 0.5) is 0 Å². The molecule has 0 fully saturated rings. The van der Waals surface area contributed by atoms with Gasteiger partial charge in [-0.15, -0.1) is 0 Å². The van der Waals surface area contributed by atoms with E-state index < -0.39 is 0 Å². The van der Waals surface area contributed by atoms with E-state index in [4.69, 9.17) is 5.11 Å². The Labute approximate surface area is 66.7 Å². The van der Waals surface area contributed by atoms with Crippen LogP contribution in [0, 0.1) is 0 Å². The molecule has 2 heterocycles. The fourth-order valence-electron chi connectivity index (χ4n) is 0.946. The summed E-state index contributed by atoms with van der Waals surface area (Å²) in [6.45, 7) is 0. The Morgan fingerprint density at radius 2 is 2.25 bits per heavy atom. The molecule has 2 rings (SSSR count). The van der Waals surface area contributed by atoms with Crippen molar-refractivity contribution in [3.05, 3.63) is 28.9 Å². The summed E-state index contributed by atoms with van der Waals surface area (Å²) in [6, 6.07) is 1.33. The predicted octanol–water partition coefficient (Wildman–Crippen LogP) is 0.0237. The molecule has 0 bridgehead atoms. The van der Waals surface area contributed by atoms with Crippen molar-refractivity contribution in [3.63, 3.8) is 0 Å². The van der Waals surface area contributed by atoms with Gasteiger partial charge in [-0.25, -0.2) is 9.97 Å². The van der Waals surface area contributed by atoms with Crippen LogP contribution in [0.15, 0.2) is 23.4 Å². The number of rotatable bonds is 0. The maximum Gasteiger partial charge on any atom is 0.260 e. The molecule has 0 saturated carbocycles. The zero-order chi connectivity index (χ0) is 8.55. The van der Waals surface area contributed by atoms with Gasteiger partial charge in [-0.2, -0.15) is 0 Å². The van der Waals surface area contributed by atoms with Crippen molar-refractivity contribution < 1.29 is 5.11 Å². The van der Waals surface area contributed by atoms with Crippen LogP contribution in [0.1, 0.15) is 0 Å². The first-order valence-corrected chi connectivity index (χ1v) is 3.30. The first kappa shape index (κ1) is 6.78. The number of fused-ring (bicyclic) bond motifs is 1. The van der Waals surface area contributed by atoms with Gasteiger partial charge in [0.2, 0.25) is 0 Å². The first-order valence-electron chi connectivity index (χ1n) is 3.30. The molecule has 2 N–H and O–H groups in total. The molecule has 0 radical (unpaired) electrons. The Morgan fingerprint density at radius 1 is 1.42 bits per heavy atom. The molecular weight excluding hydrogens is 158 g/mol. The van der Waals surface area contributed by atoms with Gasteiger partial charge in [-0.3, -0.25) is 4.79 Å². The lowest BCUT2D eigenvalue weighted by atomic mass is 10.3. The Morgan fingerprint density at radius 3 is 3.08 bits per heavy atom. The van der Waals surface area contributed by atoms with Gasteiger partial charge in [-0.1, -0.05) is 0 Å². The normalized spacial score (nSPS) is 10.3. The van der Waals surface area contributed by atoms with Gasteiger partial charge in [0.25, 0.3) is 5.56 Å². The first-order chi connectivity index (χ1) is 5.77. The highest BCUT2D eigenvalue weighted by Gasteiger charge is 2.00. The molecule has 5 nitrogen and oxygen atoms in total. The molecule has 0 aromatic carbocycles. The van der Waals surface area contributed by atoms with Gasteiger partial charge in [0, 0.05) is 0 Å². The van der Waals surface area contributed by atoms with E-state index in [1.165, 1.54) is 18.6 Å². The summed E-state index contributed by atoms with van der Waals surface area (Å²) in [7, 11) is 0. The standard InChI is InChI=1S/C7H5N3O2/c11-4-1-5-6(8-2-4)9-3-10-7(5)12/h1-3,11H,(H,8,9,10,12). The number of H-pyrrole nitrogens is 1. The Hall–Kier alpha value is -1.91. The van der Waals surface area contributed by atoms with Crippen molar-refractivity contribution in [2.75, 3.05) is 0 Å². The van der Waals surface area contributed by atoms with Gasteiger partial charge in [-0.05, 0) is 6.07 Å². The highest BCUT2D eigenvalue weighted by Crippen LogP contribution is 2.10. The third-order valence-corrected chi connectivity index (χ3v) is 1.48. The number of aromatic amines is 1. The minimum Gasteiger partial charge on any atom is -0.506 e. The summed E-state index contributed by atoms with van der Waals surface area (Å²) in [5.74, 6) is -0.0407. The van der Waals surface area contributed by atoms with E-state index in [0.29, 0.717) is 5.65 Å². The van der Waals surface area contributed by atoms with Crippen LogP contribution < -0.4 is 5.56 Å². The quantitative estimate of drug-likeness (QED) is 0.574. The van der Waals surface area contributed by atoms with E-state index in [9.17, 15) is 4.79 Å². The number of pyridine rings is 1. The van der Waals surface area contributed by atoms with Crippen LogP contribution in [0.25, 0.3) is 11.0 Å². The van der Waals surface area contributed by atoms with E-state index in [-0.39, 0.29) is 16.7 Å². The Kier molecular flexibility index (Phi) is 1.30. The lowest BCUT2D eigenvalue weighted by Crippen LogP contribution is -2.06. The smallest absolute Gasteiger partial charge is 0.260 e. The van der Waals surface area contributed by atoms with E-state index in [1.807, 2.05) is 0 Å². The van der Waals surface area contributed by atoms with Crippen LogP contribution in [0.3, 0.4) is 0 Å². The average Bonchev–Trinajstić information content (AvgIpc) is 2.07. The van der Waals surface area contributed by atoms with Crippen molar-refractivity contribution in [1.29, 1.82) is 0 Å². The molecule has 0 aliphatic heterocycles.